The van der Waals surface area contributed by atoms with E-state index in [-0.39, 0.29) is 11.9 Å². The van der Waals surface area contributed by atoms with Crippen LogP contribution in [0.3, 0.4) is 0 Å². The van der Waals surface area contributed by atoms with E-state index in [0.29, 0.717) is 30.6 Å². The third kappa shape index (κ3) is 2.59. The number of carbonyl (C=O) groups is 1. The summed E-state index contributed by atoms with van der Waals surface area (Å²) in [6.07, 6.45) is 1.18. The summed E-state index contributed by atoms with van der Waals surface area (Å²) in [5.74, 6) is -0.318. The summed E-state index contributed by atoms with van der Waals surface area (Å²) in [6, 6.07) is 6.28. The molecule has 1 saturated heterocycles. The number of amides is 1. The van der Waals surface area contributed by atoms with Crippen molar-refractivity contribution in [3.8, 4) is 6.07 Å². The van der Waals surface area contributed by atoms with Crippen molar-refractivity contribution in [2.24, 2.45) is 0 Å². The van der Waals surface area contributed by atoms with Crippen LogP contribution in [-0.2, 0) is 4.79 Å². The molecule has 1 atom stereocenters. The number of hydrogen-bond donors (Lipinski definition) is 1. The summed E-state index contributed by atoms with van der Waals surface area (Å²) in [7, 11) is 1.74. The summed E-state index contributed by atoms with van der Waals surface area (Å²) >= 11 is 0. The third-order valence-electron chi connectivity index (χ3n) is 3.08. The summed E-state index contributed by atoms with van der Waals surface area (Å²) < 4.78 is 13.7. The summed E-state index contributed by atoms with van der Waals surface area (Å²) in [4.78, 5) is 13.0. The maximum atomic E-state index is 13.7. The van der Waals surface area contributed by atoms with Crippen LogP contribution in [0, 0.1) is 17.1 Å². The second-order valence-electron chi connectivity index (χ2n) is 4.46. The number of nitrogens with zero attached hydrogens (tertiary/aromatic N) is 2. The topological polar surface area (TPSA) is 56.1 Å². The second-order valence-corrected chi connectivity index (χ2v) is 4.46. The van der Waals surface area contributed by atoms with Crippen molar-refractivity contribution in [2.75, 3.05) is 18.9 Å². The van der Waals surface area contributed by atoms with Crippen LogP contribution in [-0.4, -0.2) is 30.4 Å². The number of halogens is 1. The molecule has 0 saturated carbocycles. The Labute approximate surface area is 105 Å². The monoisotopic (exact) mass is 247 g/mol. The summed E-state index contributed by atoms with van der Waals surface area (Å²) in [5, 5.41) is 11.7. The van der Waals surface area contributed by atoms with Crippen LogP contribution in [0.2, 0.25) is 0 Å². The first-order chi connectivity index (χ1) is 8.60. The minimum absolute atomic E-state index is 0.0511. The standard InChI is InChI=1S/C13H14FN3O/c1-17-8-10(3-5-13(17)18)16-12-4-2-9(7-15)6-11(12)14/h2,4,6,10,16H,3,5,8H2,1H3/t10-/m1/s1. The van der Waals surface area contributed by atoms with Crippen LogP contribution in [0.1, 0.15) is 18.4 Å². The number of carbonyl (C=O) groups excluding carboxylic acids is 1. The molecule has 1 aromatic rings. The molecule has 5 heteroatoms. The van der Waals surface area contributed by atoms with Crippen molar-refractivity contribution in [3.05, 3.63) is 29.6 Å². The number of nitrogens with one attached hydrogen (secondary N) is 1. The van der Waals surface area contributed by atoms with Crippen molar-refractivity contribution < 1.29 is 9.18 Å². The Morgan fingerprint density at radius 2 is 2.33 bits per heavy atom. The fourth-order valence-corrected chi connectivity index (χ4v) is 2.05. The van der Waals surface area contributed by atoms with Crippen LogP contribution in [0.15, 0.2) is 18.2 Å². The van der Waals surface area contributed by atoms with Crippen LogP contribution in [0.5, 0.6) is 0 Å². The van der Waals surface area contributed by atoms with Gasteiger partial charge in [-0.2, -0.15) is 5.26 Å². The number of likely N-dealkylation sites (tertiary alicyclic amines) is 1. The van der Waals surface area contributed by atoms with E-state index >= 15 is 0 Å². The lowest BCUT2D eigenvalue weighted by atomic mass is 10.1. The highest BCUT2D eigenvalue weighted by Gasteiger charge is 2.23. The lowest BCUT2D eigenvalue weighted by Gasteiger charge is -2.30. The predicted molar refractivity (Wildman–Crippen MR) is 65.4 cm³/mol. The Bertz CT molecular complexity index is 509. The van der Waals surface area contributed by atoms with Gasteiger partial charge in [0.05, 0.1) is 17.3 Å². The third-order valence-corrected chi connectivity index (χ3v) is 3.08. The molecule has 1 amide bonds. The average molecular weight is 247 g/mol. The average Bonchev–Trinajstić information content (AvgIpc) is 2.36. The van der Waals surface area contributed by atoms with Crippen molar-refractivity contribution >= 4 is 11.6 Å². The highest BCUT2D eigenvalue weighted by atomic mass is 19.1. The minimum Gasteiger partial charge on any atom is -0.378 e. The van der Waals surface area contributed by atoms with E-state index in [1.54, 1.807) is 24.1 Å². The predicted octanol–water partition coefficient (Wildman–Crippen LogP) is 1.73. The molecule has 0 unspecified atom stereocenters. The molecule has 1 aromatic carbocycles. The first-order valence-electron chi connectivity index (χ1n) is 5.80. The van der Waals surface area contributed by atoms with Gasteiger partial charge in [-0.15, -0.1) is 0 Å². The van der Waals surface area contributed by atoms with Crippen molar-refractivity contribution in [1.29, 1.82) is 5.26 Å². The largest absolute Gasteiger partial charge is 0.378 e. The second kappa shape index (κ2) is 5.05. The molecule has 2 rings (SSSR count). The Balaban J connectivity index is 2.06. The first-order valence-corrected chi connectivity index (χ1v) is 5.80. The Hall–Kier alpha value is -2.09. The Kier molecular flexibility index (Phi) is 3.47. The summed E-state index contributed by atoms with van der Waals surface area (Å²) in [5.41, 5.74) is 0.677. The molecule has 1 N–H and O–H groups in total. The van der Waals surface area contributed by atoms with Gasteiger partial charge in [0, 0.05) is 26.1 Å². The van der Waals surface area contributed by atoms with E-state index in [1.165, 1.54) is 6.07 Å². The van der Waals surface area contributed by atoms with E-state index in [9.17, 15) is 9.18 Å². The SMILES string of the molecule is CN1C[C@H](Nc2ccc(C#N)cc2F)CCC1=O. The van der Waals surface area contributed by atoms with Gasteiger partial charge < -0.3 is 10.2 Å². The van der Waals surface area contributed by atoms with Crippen LogP contribution in [0.4, 0.5) is 10.1 Å². The normalized spacial score (nSPS) is 19.5. The first kappa shape index (κ1) is 12.4. The number of nitriles is 1. The lowest BCUT2D eigenvalue weighted by molar-refractivity contribution is -0.132. The van der Waals surface area contributed by atoms with Gasteiger partial charge in [-0.3, -0.25) is 4.79 Å². The fourth-order valence-electron chi connectivity index (χ4n) is 2.05. The smallest absolute Gasteiger partial charge is 0.222 e. The molecule has 94 valence electrons. The van der Waals surface area contributed by atoms with Crippen LogP contribution >= 0.6 is 0 Å². The number of likely N-dealkylation sites (N-methyl/N-ethyl adjacent to an activating group) is 1. The molecule has 0 radical (unpaired) electrons. The maximum absolute atomic E-state index is 13.7. The molecule has 4 nitrogen and oxygen atoms in total. The zero-order valence-corrected chi connectivity index (χ0v) is 10.1. The van der Waals surface area contributed by atoms with Crippen molar-refractivity contribution in [1.82, 2.24) is 4.90 Å². The number of benzene rings is 1. The highest BCUT2D eigenvalue weighted by Crippen LogP contribution is 2.19. The molecular formula is C13H14FN3O. The molecular weight excluding hydrogens is 233 g/mol. The van der Waals surface area contributed by atoms with E-state index in [4.69, 9.17) is 5.26 Å². The van der Waals surface area contributed by atoms with Gasteiger partial charge in [0.15, 0.2) is 0 Å². The van der Waals surface area contributed by atoms with Gasteiger partial charge in [0.1, 0.15) is 5.82 Å². The van der Waals surface area contributed by atoms with E-state index in [1.807, 2.05) is 6.07 Å². The van der Waals surface area contributed by atoms with Gasteiger partial charge in [-0.25, -0.2) is 4.39 Å². The van der Waals surface area contributed by atoms with Gasteiger partial charge in [0.25, 0.3) is 0 Å². The fraction of sp³-hybridized carbons (Fsp3) is 0.385. The van der Waals surface area contributed by atoms with E-state index in [0.717, 1.165) is 0 Å². The van der Waals surface area contributed by atoms with Crippen molar-refractivity contribution in [2.45, 2.75) is 18.9 Å². The summed E-state index contributed by atoms with van der Waals surface area (Å²) in [6.45, 7) is 0.568. The lowest BCUT2D eigenvalue weighted by Crippen LogP contribution is -2.43. The van der Waals surface area contributed by atoms with Gasteiger partial charge >= 0.3 is 0 Å². The zero-order chi connectivity index (χ0) is 13.1. The highest BCUT2D eigenvalue weighted by molar-refractivity contribution is 5.77. The Morgan fingerprint density at radius 3 is 2.94 bits per heavy atom. The molecule has 0 bridgehead atoms. The molecule has 1 aliphatic rings. The van der Waals surface area contributed by atoms with E-state index < -0.39 is 5.82 Å². The number of hydrogen-bond acceptors (Lipinski definition) is 3. The minimum atomic E-state index is -0.436. The molecule has 18 heavy (non-hydrogen) atoms. The molecule has 1 heterocycles. The van der Waals surface area contributed by atoms with Crippen molar-refractivity contribution in [3.63, 3.8) is 0 Å². The number of anilines is 1. The van der Waals surface area contributed by atoms with Crippen LogP contribution in [0.25, 0.3) is 0 Å². The van der Waals surface area contributed by atoms with Gasteiger partial charge in [-0.05, 0) is 24.6 Å². The van der Waals surface area contributed by atoms with Gasteiger partial charge in [0.2, 0.25) is 5.91 Å². The van der Waals surface area contributed by atoms with Gasteiger partial charge in [-0.1, -0.05) is 0 Å². The Morgan fingerprint density at radius 1 is 1.56 bits per heavy atom. The number of piperidine rings is 1. The molecule has 1 fully saturated rings. The molecule has 0 spiro atoms. The van der Waals surface area contributed by atoms with Crippen LogP contribution < -0.4 is 5.32 Å². The zero-order valence-electron chi connectivity index (χ0n) is 10.1. The molecule has 0 aliphatic carbocycles. The molecule has 1 aliphatic heterocycles. The number of rotatable bonds is 2. The molecule has 0 aromatic heterocycles. The quantitative estimate of drug-likeness (QED) is 0.865. The van der Waals surface area contributed by atoms with E-state index in [2.05, 4.69) is 5.32 Å². The maximum Gasteiger partial charge on any atom is 0.222 e.